The van der Waals surface area contributed by atoms with Crippen LogP contribution < -0.4 is 5.56 Å². The molecule has 2 aromatic rings. The lowest BCUT2D eigenvalue weighted by molar-refractivity contribution is 0.0662. The highest BCUT2D eigenvalue weighted by Gasteiger charge is 2.30. The number of amides is 1. The third-order valence-electron chi connectivity index (χ3n) is 5.27. The molecule has 26 heavy (non-hydrogen) atoms. The van der Waals surface area contributed by atoms with Gasteiger partial charge >= 0.3 is 0 Å². The third kappa shape index (κ3) is 3.12. The van der Waals surface area contributed by atoms with Gasteiger partial charge in [-0.3, -0.25) is 14.4 Å². The van der Waals surface area contributed by atoms with Gasteiger partial charge in [-0.1, -0.05) is 6.07 Å². The molecule has 4 rings (SSSR count). The normalized spacial score (nSPS) is 20.9. The van der Waals surface area contributed by atoms with E-state index in [0.717, 1.165) is 18.0 Å². The Labute approximate surface area is 155 Å². The van der Waals surface area contributed by atoms with Crippen LogP contribution in [-0.2, 0) is 6.42 Å². The Balaban J connectivity index is 1.62. The van der Waals surface area contributed by atoms with Gasteiger partial charge in [0.15, 0.2) is 5.78 Å². The first-order chi connectivity index (χ1) is 12.5. The van der Waals surface area contributed by atoms with Crippen LogP contribution in [-0.4, -0.2) is 59.7 Å². The molecular formula is C19H21N3O3S. The number of thiophene rings is 1. The van der Waals surface area contributed by atoms with Gasteiger partial charge in [0.05, 0.1) is 0 Å². The molecule has 0 bridgehead atoms. The molecule has 1 aliphatic carbocycles. The van der Waals surface area contributed by atoms with Crippen LogP contribution in [0.2, 0.25) is 0 Å². The second kappa shape index (κ2) is 6.81. The van der Waals surface area contributed by atoms with E-state index in [0.29, 0.717) is 37.2 Å². The first-order valence-electron chi connectivity index (χ1n) is 8.83. The smallest absolute Gasteiger partial charge is 0.261 e. The zero-order chi connectivity index (χ0) is 18.3. The largest absolute Gasteiger partial charge is 0.336 e. The predicted molar refractivity (Wildman–Crippen MR) is 100 cm³/mol. The second-order valence-corrected chi connectivity index (χ2v) is 8.02. The van der Waals surface area contributed by atoms with Crippen molar-refractivity contribution in [3.8, 4) is 0 Å². The Morgan fingerprint density at radius 2 is 1.96 bits per heavy atom. The summed E-state index contributed by atoms with van der Waals surface area (Å²) in [7, 11) is 2.01. The van der Waals surface area contributed by atoms with Gasteiger partial charge in [0.25, 0.3) is 11.5 Å². The molecule has 1 unspecified atom stereocenters. The number of H-pyrrole nitrogens is 1. The Morgan fingerprint density at radius 3 is 2.65 bits per heavy atom. The maximum atomic E-state index is 12.7. The molecule has 0 aromatic carbocycles. The van der Waals surface area contributed by atoms with Crippen LogP contribution in [0.25, 0.3) is 0 Å². The minimum atomic E-state index is -0.396. The maximum absolute atomic E-state index is 12.7. The molecule has 1 aliphatic heterocycles. The summed E-state index contributed by atoms with van der Waals surface area (Å²) in [4.78, 5) is 45.7. The fourth-order valence-corrected chi connectivity index (χ4v) is 4.52. The number of carbonyl (C=O) groups excluding carboxylic acids is 2. The lowest BCUT2D eigenvalue weighted by Gasteiger charge is -2.32. The van der Waals surface area contributed by atoms with Crippen molar-refractivity contribution in [2.45, 2.75) is 18.8 Å². The molecular weight excluding hydrogens is 350 g/mol. The number of hydrogen-bond acceptors (Lipinski definition) is 5. The maximum Gasteiger partial charge on any atom is 0.261 e. The average molecular weight is 371 g/mol. The number of pyridine rings is 1. The topological polar surface area (TPSA) is 73.5 Å². The van der Waals surface area contributed by atoms with E-state index < -0.39 is 5.56 Å². The van der Waals surface area contributed by atoms with E-state index in [1.54, 1.807) is 16.2 Å². The summed E-state index contributed by atoms with van der Waals surface area (Å²) in [6, 6.07) is 5.51. The lowest BCUT2D eigenvalue weighted by Crippen LogP contribution is -2.48. The molecule has 1 atom stereocenters. The molecule has 1 fully saturated rings. The molecule has 6 nitrogen and oxygen atoms in total. The van der Waals surface area contributed by atoms with Crippen LogP contribution in [0.3, 0.4) is 0 Å². The van der Waals surface area contributed by atoms with Gasteiger partial charge in [0.2, 0.25) is 0 Å². The van der Waals surface area contributed by atoms with Gasteiger partial charge in [0.1, 0.15) is 5.56 Å². The lowest BCUT2D eigenvalue weighted by atomic mass is 9.84. The zero-order valence-corrected chi connectivity index (χ0v) is 15.5. The molecule has 1 N–H and O–H groups in total. The molecule has 0 saturated carbocycles. The van der Waals surface area contributed by atoms with Gasteiger partial charge in [-0.05, 0) is 31.0 Å². The predicted octanol–water partition coefficient (Wildman–Crippen LogP) is 1.74. The SMILES string of the molecule is CN1CCN(C(=O)c2cc3c([nH]c2=O)CC(c2cccs2)CC3=O)CC1. The first-order valence-corrected chi connectivity index (χ1v) is 9.71. The Morgan fingerprint density at radius 1 is 1.19 bits per heavy atom. The molecule has 0 radical (unpaired) electrons. The van der Waals surface area contributed by atoms with Crippen molar-refractivity contribution < 1.29 is 9.59 Å². The van der Waals surface area contributed by atoms with Crippen LogP contribution in [0, 0.1) is 0 Å². The highest BCUT2D eigenvalue weighted by molar-refractivity contribution is 7.10. The van der Waals surface area contributed by atoms with E-state index in [2.05, 4.69) is 9.88 Å². The Hall–Kier alpha value is -2.25. The number of piperazine rings is 1. The Bertz CT molecular complexity index is 895. The van der Waals surface area contributed by atoms with Crippen molar-refractivity contribution in [2.24, 2.45) is 0 Å². The van der Waals surface area contributed by atoms with Crippen LogP contribution in [0.5, 0.6) is 0 Å². The number of fused-ring (bicyclic) bond motifs is 1. The minimum absolute atomic E-state index is 0.00618. The van der Waals surface area contributed by atoms with Gasteiger partial charge in [-0.2, -0.15) is 0 Å². The summed E-state index contributed by atoms with van der Waals surface area (Å²) < 4.78 is 0. The standard InChI is InChI=1S/C19H21N3O3S/c1-21-4-6-22(7-5-21)19(25)14-11-13-15(20-18(14)24)9-12(10-16(13)23)17-3-2-8-26-17/h2-3,8,11-12H,4-7,9-10H2,1H3,(H,20,24). The van der Waals surface area contributed by atoms with E-state index >= 15 is 0 Å². The Kier molecular flexibility index (Phi) is 4.50. The summed E-state index contributed by atoms with van der Waals surface area (Å²) in [6.45, 7) is 2.77. The van der Waals surface area contributed by atoms with E-state index in [-0.39, 0.29) is 23.2 Å². The molecule has 136 valence electrons. The first kappa shape index (κ1) is 17.2. The quantitative estimate of drug-likeness (QED) is 0.873. The van der Waals surface area contributed by atoms with Crippen molar-refractivity contribution in [3.05, 3.63) is 55.6 Å². The number of hydrogen-bond donors (Lipinski definition) is 1. The van der Waals surface area contributed by atoms with Crippen molar-refractivity contribution in [3.63, 3.8) is 0 Å². The molecule has 7 heteroatoms. The van der Waals surface area contributed by atoms with E-state index in [9.17, 15) is 14.4 Å². The fourth-order valence-electron chi connectivity index (χ4n) is 3.69. The molecule has 2 aromatic heterocycles. The van der Waals surface area contributed by atoms with Crippen LogP contribution in [0.4, 0.5) is 0 Å². The van der Waals surface area contributed by atoms with Gasteiger partial charge < -0.3 is 14.8 Å². The summed E-state index contributed by atoms with van der Waals surface area (Å²) >= 11 is 1.63. The van der Waals surface area contributed by atoms with Gasteiger partial charge in [-0.15, -0.1) is 11.3 Å². The number of aromatic nitrogens is 1. The number of rotatable bonds is 2. The number of likely N-dealkylation sites (N-methyl/N-ethyl adjacent to an activating group) is 1. The molecule has 1 amide bonds. The van der Waals surface area contributed by atoms with Gasteiger partial charge in [0, 0.05) is 54.7 Å². The van der Waals surface area contributed by atoms with Gasteiger partial charge in [-0.25, -0.2) is 0 Å². The highest BCUT2D eigenvalue weighted by atomic mass is 32.1. The minimum Gasteiger partial charge on any atom is -0.336 e. The summed E-state index contributed by atoms with van der Waals surface area (Å²) in [5, 5.41) is 2.00. The summed E-state index contributed by atoms with van der Waals surface area (Å²) in [6.07, 6.45) is 1.04. The van der Waals surface area contributed by atoms with Crippen molar-refractivity contribution in [1.82, 2.24) is 14.8 Å². The fraction of sp³-hybridized carbons (Fsp3) is 0.421. The number of aromatic amines is 1. The number of nitrogens with one attached hydrogen (secondary N) is 1. The zero-order valence-electron chi connectivity index (χ0n) is 14.7. The second-order valence-electron chi connectivity index (χ2n) is 7.04. The third-order valence-corrected chi connectivity index (χ3v) is 6.31. The van der Waals surface area contributed by atoms with E-state index in [1.165, 1.54) is 6.07 Å². The monoisotopic (exact) mass is 371 g/mol. The number of Topliss-reactive ketones (excluding diaryl/α,β-unsaturated/α-hetero) is 1. The summed E-state index contributed by atoms with van der Waals surface area (Å²) in [5.41, 5.74) is 0.831. The molecule has 2 aliphatic rings. The van der Waals surface area contributed by atoms with E-state index in [4.69, 9.17) is 0 Å². The summed E-state index contributed by atoms with van der Waals surface area (Å²) in [5.74, 6) is -0.187. The van der Waals surface area contributed by atoms with Crippen molar-refractivity contribution in [2.75, 3.05) is 33.2 Å². The van der Waals surface area contributed by atoms with Crippen LogP contribution >= 0.6 is 11.3 Å². The van der Waals surface area contributed by atoms with E-state index in [1.807, 2.05) is 24.6 Å². The number of nitrogens with zero attached hydrogens (tertiary/aromatic N) is 2. The molecule has 1 saturated heterocycles. The molecule has 3 heterocycles. The van der Waals surface area contributed by atoms with Crippen molar-refractivity contribution >= 4 is 23.0 Å². The number of carbonyl (C=O) groups is 2. The molecule has 0 spiro atoms. The number of ketones is 1. The highest BCUT2D eigenvalue weighted by Crippen LogP contribution is 2.33. The van der Waals surface area contributed by atoms with Crippen LogP contribution in [0.1, 0.15) is 43.6 Å². The van der Waals surface area contributed by atoms with Crippen molar-refractivity contribution in [1.29, 1.82) is 0 Å². The van der Waals surface area contributed by atoms with Crippen LogP contribution in [0.15, 0.2) is 28.4 Å². The average Bonchev–Trinajstić information content (AvgIpc) is 3.16.